The number of nitrogens with one attached hydrogen (secondary N) is 1. The van der Waals surface area contributed by atoms with Gasteiger partial charge in [-0.1, -0.05) is 18.2 Å². The Morgan fingerprint density at radius 1 is 1.12 bits per heavy atom. The average molecular weight is 348 g/mol. The first-order chi connectivity index (χ1) is 12.3. The van der Waals surface area contributed by atoms with E-state index in [9.17, 15) is 0 Å². The highest BCUT2D eigenvalue weighted by molar-refractivity contribution is 7.18. The number of rotatable bonds is 2. The summed E-state index contributed by atoms with van der Waals surface area (Å²) in [5.41, 5.74) is 2.71. The molecule has 126 valence electrons. The van der Waals surface area contributed by atoms with Crippen LogP contribution >= 0.6 is 11.3 Å². The number of aryl methyl sites for hydroxylation is 1. The van der Waals surface area contributed by atoms with E-state index in [0.717, 1.165) is 36.6 Å². The molecule has 3 aromatic heterocycles. The van der Waals surface area contributed by atoms with E-state index in [2.05, 4.69) is 63.3 Å². The smallest absolute Gasteiger partial charge is 0.140 e. The van der Waals surface area contributed by atoms with Crippen molar-refractivity contribution in [3.63, 3.8) is 0 Å². The molecule has 0 spiro atoms. The van der Waals surface area contributed by atoms with Crippen LogP contribution in [-0.2, 0) is 0 Å². The minimum absolute atomic E-state index is 0.619. The summed E-state index contributed by atoms with van der Waals surface area (Å²) in [5.74, 6) is 1.72. The number of aromatic amines is 1. The van der Waals surface area contributed by atoms with Crippen molar-refractivity contribution in [3.05, 3.63) is 53.3 Å². The van der Waals surface area contributed by atoms with Crippen molar-refractivity contribution < 1.29 is 0 Å². The maximum absolute atomic E-state index is 4.60. The second-order valence-corrected chi connectivity index (χ2v) is 8.06. The largest absolute Gasteiger partial charge is 0.361 e. The zero-order valence-electron chi connectivity index (χ0n) is 14.2. The van der Waals surface area contributed by atoms with Crippen molar-refractivity contribution in [1.29, 1.82) is 0 Å². The molecule has 1 aliphatic heterocycles. The summed E-state index contributed by atoms with van der Waals surface area (Å²) in [5, 5.41) is 2.58. The fourth-order valence-corrected chi connectivity index (χ4v) is 4.89. The van der Waals surface area contributed by atoms with Crippen LogP contribution in [0.3, 0.4) is 0 Å². The molecule has 1 fully saturated rings. The molecule has 0 atom stereocenters. The van der Waals surface area contributed by atoms with Crippen LogP contribution in [-0.4, -0.2) is 28.0 Å². The number of nitrogens with zero attached hydrogens (tertiary/aromatic N) is 3. The monoisotopic (exact) mass is 348 g/mol. The van der Waals surface area contributed by atoms with E-state index in [4.69, 9.17) is 0 Å². The van der Waals surface area contributed by atoms with Crippen molar-refractivity contribution in [2.75, 3.05) is 18.0 Å². The third-order valence-corrected chi connectivity index (χ3v) is 6.25. The van der Waals surface area contributed by atoms with Gasteiger partial charge in [-0.25, -0.2) is 9.97 Å². The van der Waals surface area contributed by atoms with Crippen molar-refractivity contribution in [3.8, 4) is 0 Å². The summed E-state index contributed by atoms with van der Waals surface area (Å²) in [6.07, 6.45) is 6.24. The van der Waals surface area contributed by atoms with Crippen LogP contribution < -0.4 is 4.90 Å². The molecule has 4 heterocycles. The molecule has 5 heteroatoms. The van der Waals surface area contributed by atoms with Crippen LogP contribution in [0.4, 0.5) is 5.82 Å². The lowest BCUT2D eigenvalue weighted by Gasteiger charge is -2.33. The number of aromatic nitrogens is 3. The van der Waals surface area contributed by atoms with Gasteiger partial charge in [0.15, 0.2) is 0 Å². The lowest BCUT2D eigenvalue weighted by Crippen LogP contribution is -2.33. The molecule has 0 unspecified atom stereocenters. The van der Waals surface area contributed by atoms with Crippen molar-refractivity contribution >= 4 is 38.3 Å². The van der Waals surface area contributed by atoms with Gasteiger partial charge >= 0.3 is 0 Å². The number of hydrogen-bond acceptors (Lipinski definition) is 4. The van der Waals surface area contributed by atoms with E-state index in [1.165, 1.54) is 26.7 Å². The molecule has 25 heavy (non-hydrogen) atoms. The van der Waals surface area contributed by atoms with Gasteiger partial charge in [0, 0.05) is 35.1 Å². The van der Waals surface area contributed by atoms with Crippen LogP contribution in [0.25, 0.3) is 21.1 Å². The zero-order chi connectivity index (χ0) is 16.8. The first kappa shape index (κ1) is 14.9. The SMILES string of the molecule is Cc1cc2c(N3CCC(c4c[nH]c5ccccc45)CC3)ncnc2s1. The Kier molecular flexibility index (Phi) is 3.48. The third-order valence-electron chi connectivity index (χ3n) is 5.29. The molecule has 0 amide bonds. The Morgan fingerprint density at radius 2 is 1.96 bits per heavy atom. The number of anilines is 1. The highest BCUT2D eigenvalue weighted by Crippen LogP contribution is 2.36. The second-order valence-electron chi connectivity index (χ2n) is 6.82. The molecule has 4 nitrogen and oxygen atoms in total. The van der Waals surface area contributed by atoms with Crippen molar-refractivity contribution in [2.45, 2.75) is 25.7 Å². The van der Waals surface area contributed by atoms with Gasteiger partial charge in [0.1, 0.15) is 17.0 Å². The number of hydrogen-bond donors (Lipinski definition) is 1. The number of H-pyrrole nitrogens is 1. The van der Waals surface area contributed by atoms with Crippen LogP contribution in [0.5, 0.6) is 0 Å². The summed E-state index contributed by atoms with van der Waals surface area (Å²) in [6.45, 7) is 4.23. The number of para-hydroxylation sites is 1. The fraction of sp³-hybridized carbons (Fsp3) is 0.300. The molecular formula is C20H20N4S. The normalized spacial score (nSPS) is 16.1. The highest BCUT2D eigenvalue weighted by Gasteiger charge is 2.24. The fourth-order valence-electron chi connectivity index (χ4n) is 4.05. The van der Waals surface area contributed by atoms with Gasteiger partial charge in [0.25, 0.3) is 0 Å². The maximum atomic E-state index is 4.60. The summed E-state index contributed by atoms with van der Waals surface area (Å²) in [7, 11) is 0. The molecule has 0 saturated carbocycles. The molecule has 0 radical (unpaired) electrons. The third kappa shape index (κ3) is 2.50. The van der Waals surface area contributed by atoms with E-state index >= 15 is 0 Å². The number of piperidine rings is 1. The van der Waals surface area contributed by atoms with Crippen molar-refractivity contribution in [2.24, 2.45) is 0 Å². The van der Waals surface area contributed by atoms with Gasteiger partial charge in [0.2, 0.25) is 0 Å². The second kappa shape index (κ2) is 5.85. The average Bonchev–Trinajstić information content (AvgIpc) is 3.24. The van der Waals surface area contributed by atoms with E-state index < -0.39 is 0 Å². The number of fused-ring (bicyclic) bond motifs is 2. The van der Waals surface area contributed by atoms with E-state index in [-0.39, 0.29) is 0 Å². The molecule has 0 aliphatic carbocycles. The molecule has 5 rings (SSSR count). The summed E-state index contributed by atoms with van der Waals surface area (Å²) < 4.78 is 0. The maximum Gasteiger partial charge on any atom is 0.140 e. The first-order valence-corrected chi connectivity index (χ1v) is 9.63. The van der Waals surface area contributed by atoms with Crippen LogP contribution in [0, 0.1) is 6.92 Å². The van der Waals surface area contributed by atoms with Crippen molar-refractivity contribution in [1.82, 2.24) is 15.0 Å². The zero-order valence-corrected chi connectivity index (χ0v) is 15.0. The van der Waals surface area contributed by atoms with E-state index in [1.807, 2.05) is 0 Å². The minimum Gasteiger partial charge on any atom is -0.361 e. The van der Waals surface area contributed by atoms with Gasteiger partial charge in [-0.15, -0.1) is 11.3 Å². The topological polar surface area (TPSA) is 44.8 Å². The molecule has 0 bridgehead atoms. The Labute approximate surface area is 150 Å². The first-order valence-electron chi connectivity index (χ1n) is 8.82. The Morgan fingerprint density at radius 3 is 2.84 bits per heavy atom. The van der Waals surface area contributed by atoms with Crippen LogP contribution in [0.1, 0.15) is 29.2 Å². The number of thiophene rings is 1. The summed E-state index contributed by atoms with van der Waals surface area (Å²) >= 11 is 1.75. The van der Waals surface area contributed by atoms with Gasteiger partial charge in [0.05, 0.1) is 5.39 Å². The quantitative estimate of drug-likeness (QED) is 0.562. The Bertz CT molecular complexity index is 1040. The van der Waals surface area contributed by atoms with E-state index in [0.29, 0.717) is 5.92 Å². The lowest BCUT2D eigenvalue weighted by molar-refractivity contribution is 0.506. The number of benzene rings is 1. The van der Waals surface area contributed by atoms with Crippen LogP contribution in [0.15, 0.2) is 42.9 Å². The standard InChI is InChI=1S/C20H20N4S/c1-13-10-16-19(22-12-23-20(16)25-13)24-8-6-14(7-9-24)17-11-21-18-5-3-2-4-15(17)18/h2-5,10-12,14,21H,6-9H2,1H3. The molecule has 1 aliphatic rings. The minimum atomic E-state index is 0.619. The van der Waals surface area contributed by atoms with Gasteiger partial charge in [-0.2, -0.15) is 0 Å². The summed E-state index contributed by atoms with van der Waals surface area (Å²) in [6, 6.07) is 10.8. The van der Waals surface area contributed by atoms with Gasteiger partial charge in [-0.05, 0) is 43.4 Å². The molecular weight excluding hydrogens is 328 g/mol. The van der Waals surface area contributed by atoms with E-state index in [1.54, 1.807) is 17.7 Å². The van der Waals surface area contributed by atoms with Gasteiger partial charge in [-0.3, -0.25) is 0 Å². The van der Waals surface area contributed by atoms with Crippen LogP contribution in [0.2, 0.25) is 0 Å². The Balaban J connectivity index is 1.41. The lowest BCUT2D eigenvalue weighted by atomic mass is 9.89. The molecule has 4 aromatic rings. The van der Waals surface area contributed by atoms with Gasteiger partial charge < -0.3 is 9.88 Å². The predicted molar refractivity (Wildman–Crippen MR) is 105 cm³/mol. The summed E-state index contributed by atoms with van der Waals surface area (Å²) in [4.78, 5) is 17.3. The predicted octanol–water partition coefficient (Wildman–Crippen LogP) is 4.87. The Hall–Kier alpha value is -2.40. The highest BCUT2D eigenvalue weighted by atomic mass is 32.1. The molecule has 1 aromatic carbocycles. The molecule has 1 saturated heterocycles. The molecule has 1 N–H and O–H groups in total.